The fraction of sp³-hybridized carbons (Fsp3) is 0.467. The summed E-state index contributed by atoms with van der Waals surface area (Å²) in [5.41, 5.74) is 4.89. The summed E-state index contributed by atoms with van der Waals surface area (Å²) in [6.45, 7) is 4.83. The maximum Gasteiger partial charge on any atom is 0.408 e. The highest BCUT2D eigenvalue weighted by atomic mass is 16.6. The van der Waals surface area contributed by atoms with Crippen molar-refractivity contribution in [3.63, 3.8) is 0 Å². The Balaban J connectivity index is 2.85. The molecule has 1 aromatic heterocycles. The number of aliphatic carboxylic acids is 2. The predicted molar refractivity (Wildman–Crippen MR) is 86.1 cm³/mol. The second-order valence-electron chi connectivity index (χ2n) is 6.13. The third-order valence-electron chi connectivity index (χ3n) is 2.79. The van der Waals surface area contributed by atoms with E-state index in [-0.39, 0.29) is 11.4 Å². The van der Waals surface area contributed by atoms with Crippen molar-refractivity contribution < 1.29 is 34.1 Å². The van der Waals surface area contributed by atoms with Crippen LogP contribution in [0.15, 0.2) is 18.5 Å². The Bertz CT molecular complexity index is 642. The molecule has 0 saturated heterocycles. The largest absolute Gasteiger partial charge is 0.480 e. The molecule has 0 spiro atoms. The normalized spacial score (nSPS) is 13.4. The first kappa shape index (κ1) is 20.0. The summed E-state index contributed by atoms with van der Waals surface area (Å²) >= 11 is 0. The van der Waals surface area contributed by atoms with Crippen LogP contribution in [0.3, 0.4) is 0 Å². The number of anilines is 1. The molecule has 0 aromatic carbocycles. The molecule has 1 amide bonds. The number of aromatic nitrogens is 1. The molecular formula is C15H21N3O7. The Labute approximate surface area is 143 Å². The molecule has 1 heterocycles. The molecule has 5 N–H and O–H groups in total. The van der Waals surface area contributed by atoms with Crippen LogP contribution in [0.25, 0.3) is 0 Å². The number of pyridine rings is 1. The van der Waals surface area contributed by atoms with Gasteiger partial charge in [-0.15, -0.1) is 0 Å². The van der Waals surface area contributed by atoms with Crippen molar-refractivity contribution in [2.24, 2.45) is 0 Å². The van der Waals surface area contributed by atoms with Crippen LogP contribution >= 0.6 is 0 Å². The van der Waals surface area contributed by atoms with Gasteiger partial charge in [-0.3, -0.25) is 4.98 Å². The number of carboxylic acid groups (broad SMARTS) is 2. The van der Waals surface area contributed by atoms with E-state index in [1.165, 1.54) is 18.5 Å². The lowest BCUT2D eigenvalue weighted by Gasteiger charge is -2.23. The maximum atomic E-state index is 11.7. The van der Waals surface area contributed by atoms with Gasteiger partial charge in [-0.05, 0) is 20.8 Å². The highest BCUT2D eigenvalue weighted by Gasteiger charge is 2.31. The van der Waals surface area contributed by atoms with E-state index < -0.39 is 42.2 Å². The van der Waals surface area contributed by atoms with Crippen molar-refractivity contribution in [2.75, 3.05) is 5.73 Å². The van der Waals surface area contributed by atoms with Gasteiger partial charge in [0.1, 0.15) is 17.4 Å². The van der Waals surface area contributed by atoms with Crippen LogP contribution in [0, 0.1) is 0 Å². The number of carboxylic acids is 2. The minimum Gasteiger partial charge on any atom is -0.480 e. The minimum atomic E-state index is -1.55. The molecule has 138 valence electrons. The molecule has 0 aliphatic rings. The van der Waals surface area contributed by atoms with E-state index in [2.05, 4.69) is 10.3 Å². The zero-order valence-electron chi connectivity index (χ0n) is 14.1. The summed E-state index contributed by atoms with van der Waals surface area (Å²) < 4.78 is 10.2. The number of nitrogens with two attached hydrogens (primary N) is 1. The molecule has 1 aromatic rings. The topological polar surface area (TPSA) is 161 Å². The van der Waals surface area contributed by atoms with Crippen LogP contribution in [0.1, 0.15) is 27.2 Å². The molecule has 2 unspecified atom stereocenters. The van der Waals surface area contributed by atoms with Gasteiger partial charge in [0.2, 0.25) is 0 Å². The number of hydrogen-bond acceptors (Lipinski definition) is 7. The van der Waals surface area contributed by atoms with Crippen molar-refractivity contribution in [1.82, 2.24) is 10.3 Å². The molecular weight excluding hydrogens is 334 g/mol. The molecule has 0 bridgehead atoms. The summed E-state index contributed by atoms with van der Waals surface area (Å²) in [5, 5.41) is 20.6. The van der Waals surface area contributed by atoms with E-state index in [1.807, 2.05) is 0 Å². The third-order valence-corrected chi connectivity index (χ3v) is 2.79. The summed E-state index contributed by atoms with van der Waals surface area (Å²) in [5.74, 6) is -2.79. The summed E-state index contributed by atoms with van der Waals surface area (Å²) in [7, 11) is 0. The molecule has 0 aliphatic heterocycles. The third kappa shape index (κ3) is 6.94. The highest BCUT2D eigenvalue weighted by Crippen LogP contribution is 2.21. The maximum absolute atomic E-state index is 11.7. The van der Waals surface area contributed by atoms with Crippen molar-refractivity contribution >= 4 is 23.7 Å². The summed E-state index contributed by atoms with van der Waals surface area (Å²) in [6.07, 6.45) is -0.459. The van der Waals surface area contributed by atoms with Crippen molar-refractivity contribution in [3.8, 4) is 5.75 Å². The van der Waals surface area contributed by atoms with Crippen LogP contribution in [0.2, 0.25) is 0 Å². The summed E-state index contributed by atoms with van der Waals surface area (Å²) in [4.78, 5) is 38.2. The number of nitrogens with one attached hydrogen (secondary N) is 1. The highest BCUT2D eigenvalue weighted by molar-refractivity contribution is 5.81. The smallest absolute Gasteiger partial charge is 0.408 e. The van der Waals surface area contributed by atoms with Crippen LogP contribution in [0.5, 0.6) is 5.75 Å². The SMILES string of the molecule is CC(C)(C)OC(=O)NC(CC(Oc1ccncc1N)C(=O)O)C(=O)O. The fourth-order valence-electron chi connectivity index (χ4n) is 1.74. The van der Waals surface area contributed by atoms with Crippen LogP contribution in [0.4, 0.5) is 10.5 Å². The molecule has 0 fully saturated rings. The van der Waals surface area contributed by atoms with Crippen LogP contribution < -0.4 is 15.8 Å². The lowest BCUT2D eigenvalue weighted by molar-refractivity contribution is -0.147. The Kier molecular flexibility index (Phi) is 6.54. The molecule has 10 nitrogen and oxygen atoms in total. The Morgan fingerprint density at radius 2 is 1.92 bits per heavy atom. The van der Waals surface area contributed by atoms with Gasteiger partial charge in [-0.25, -0.2) is 14.4 Å². The van der Waals surface area contributed by atoms with Gasteiger partial charge in [0.15, 0.2) is 6.10 Å². The van der Waals surface area contributed by atoms with Gasteiger partial charge in [0.25, 0.3) is 0 Å². The van der Waals surface area contributed by atoms with E-state index in [4.69, 9.17) is 15.2 Å². The van der Waals surface area contributed by atoms with Crippen molar-refractivity contribution in [2.45, 2.75) is 44.9 Å². The zero-order chi connectivity index (χ0) is 19.2. The van der Waals surface area contributed by atoms with Gasteiger partial charge < -0.3 is 30.7 Å². The summed E-state index contributed by atoms with van der Waals surface area (Å²) in [6, 6.07) is -0.179. The number of nitrogens with zero attached hydrogens (tertiary/aromatic N) is 1. The predicted octanol–water partition coefficient (Wildman–Crippen LogP) is 0.864. The van der Waals surface area contributed by atoms with Crippen LogP contribution in [-0.2, 0) is 14.3 Å². The Morgan fingerprint density at radius 3 is 2.40 bits per heavy atom. The first-order valence-corrected chi connectivity index (χ1v) is 7.31. The standard InChI is InChI=1S/C15H21N3O7/c1-15(2,3)25-14(23)18-9(12(19)20)6-11(13(21)22)24-10-4-5-17-7-8(10)16/h4-5,7,9,11H,6,16H2,1-3H3,(H,18,23)(H,19,20)(H,21,22). The molecule has 10 heteroatoms. The van der Waals surface area contributed by atoms with E-state index in [0.29, 0.717) is 0 Å². The Morgan fingerprint density at radius 1 is 1.28 bits per heavy atom. The number of nitrogen functional groups attached to an aromatic ring is 1. The number of amides is 1. The number of carbonyl (C=O) groups is 3. The van der Waals surface area contributed by atoms with E-state index in [0.717, 1.165) is 0 Å². The lowest BCUT2D eigenvalue weighted by atomic mass is 10.1. The van der Waals surface area contributed by atoms with E-state index in [9.17, 15) is 24.6 Å². The monoisotopic (exact) mass is 355 g/mol. The van der Waals surface area contributed by atoms with Gasteiger partial charge in [-0.2, -0.15) is 0 Å². The second kappa shape index (κ2) is 8.18. The van der Waals surface area contributed by atoms with E-state index in [1.54, 1.807) is 20.8 Å². The van der Waals surface area contributed by atoms with Crippen molar-refractivity contribution in [1.29, 1.82) is 0 Å². The number of carbonyl (C=O) groups excluding carboxylic acids is 1. The van der Waals surface area contributed by atoms with Crippen molar-refractivity contribution in [3.05, 3.63) is 18.5 Å². The number of ether oxygens (including phenoxy) is 2. The average Bonchev–Trinajstić information content (AvgIpc) is 2.45. The fourth-order valence-corrected chi connectivity index (χ4v) is 1.74. The molecule has 0 radical (unpaired) electrons. The van der Waals surface area contributed by atoms with Gasteiger partial charge in [0, 0.05) is 18.7 Å². The number of hydrogen-bond donors (Lipinski definition) is 4. The van der Waals surface area contributed by atoms with E-state index >= 15 is 0 Å². The molecule has 0 aliphatic carbocycles. The average molecular weight is 355 g/mol. The first-order valence-electron chi connectivity index (χ1n) is 7.31. The first-order chi connectivity index (χ1) is 11.5. The quantitative estimate of drug-likeness (QED) is 0.556. The zero-order valence-corrected chi connectivity index (χ0v) is 14.1. The van der Waals surface area contributed by atoms with Gasteiger partial charge >= 0.3 is 18.0 Å². The molecule has 2 atom stereocenters. The molecule has 0 saturated carbocycles. The lowest BCUT2D eigenvalue weighted by Crippen LogP contribution is -2.47. The minimum absolute atomic E-state index is 0.0452. The van der Waals surface area contributed by atoms with Crippen LogP contribution in [-0.4, -0.2) is 51.0 Å². The van der Waals surface area contributed by atoms with Gasteiger partial charge in [-0.1, -0.05) is 0 Å². The second-order valence-corrected chi connectivity index (χ2v) is 6.13. The molecule has 1 rings (SSSR count). The molecule has 25 heavy (non-hydrogen) atoms. The Hall–Kier alpha value is -3.04. The number of alkyl carbamates (subject to hydrolysis) is 1. The van der Waals surface area contributed by atoms with Gasteiger partial charge in [0.05, 0.1) is 11.9 Å². The number of rotatable bonds is 7.